The lowest BCUT2D eigenvalue weighted by Gasteiger charge is -2.41. The molecule has 0 unspecified atom stereocenters. The minimum atomic E-state index is -0.305. The summed E-state index contributed by atoms with van der Waals surface area (Å²) in [4.78, 5) is 7.08. The number of β-amino-alcohol motifs (C(OH)–C–C–N with tert-alkyl or cyclic N) is 2. The smallest absolute Gasteiger partial charge is 0.0793 e. The standard InChI is InChI=1S/C20H33N3O2/c1-16-11-22(9-10-23(16)12-17(2)24)15-20(25)14-21-8-7-18-5-3-4-6-19(18)13-21/h3-6,16-17,20,24-25H,7-15H2,1-2H3/t16-,17+,20+/m1/s1. The molecule has 140 valence electrons. The molecule has 5 heteroatoms. The molecule has 3 atom stereocenters. The molecule has 0 saturated carbocycles. The summed E-state index contributed by atoms with van der Waals surface area (Å²) >= 11 is 0. The summed E-state index contributed by atoms with van der Waals surface area (Å²) < 4.78 is 0. The van der Waals surface area contributed by atoms with Crippen molar-refractivity contribution in [1.82, 2.24) is 14.7 Å². The summed E-state index contributed by atoms with van der Waals surface area (Å²) in [6.45, 7) is 11.2. The van der Waals surface area contributed by atoms with Gasteiger partial charge in [0.2, 0.25) is 0 Å². The Kier molecular flexibility index (Phi) is 6.47. The molecule has 1 aromatic carbocycles. The molecule has 0 aromatic heterocycles. The lowest BCUT2D eigenvalue weighted by atomic mass is 10.00. The van der Waals surface area contributed by atoms with Gasteiger partial charge in [0.05, 0.1) is 12.2 Å². The molecule has 2 aliphatic heterocycles. The van der Waals surface area contributed by atoms with Gasteiger partial charge in [-0.1, -0.05) is 24.3 Å². The average molecular weight is 348 g/mol. The van der Waals surface area contributed by atoms with E-state index < -0.39 is 0 Å². The zero-order valence-electron chi connectivity index (χ0n) is 15.6. The fourth-order valence-corrected chi connectivity index (χ4v) is 4.21. The van der Waals surface area contributed by atoms with Crippen molar-refractivity contribution in [3.05, 3.63) is 35.4 Å². The van der Waals surface area contributed by atoms with Crippen LogP contribution in [0.1, 0.15) is 25.0 Å². The summed E-state index contributed by atoms with van der Waals surface area (Å²) in [6.07, 6.45) is 0.500. The lowest BCUT2D eigenvalue weighted by Crippen LogP contribution is -2.55. The van der Waals surface area contributed by atoms with Gasteiger partial charge in [0.15, 0.2) is 0 Å². The summed E-state index contributed by atoms with van der Waals surface area (Å²) in [6, 6.07) is 9.07. The van der Waals surface area contributed by atoms with E-state index in [-0.39, 0.29) is 12.2 Å². The van der Waals surface area contributed by atoms with Gasteiger partial charge in [0.1, 0.15) is 0 Å². The van der Waals surface area contributed by atoms with Crippen molar-refractivity contribution in [2.75, 3.05) is 45.8 Å². The van der Waals surface area contributed by atoms with Gasteiger partial charge in [-0.3, -0.25) is 14.7 Å². The van der Waals surface area contributed by atoms with Crippen molar-refractivity contribution in [1.29, 1.82) is 0 Å². The maximum absolute atomic E-state index is 10.6. The van der Waals surface area contributed by atoms with Crippen LogP contribution in [0.25, 0.3) is 0 Å². The Morgan fingerprint density at radius 2 is 1.72 bits per heavy atom. The van der Waals surface area contributed by atoms with Gasteiger partial charge in [-0.25, -0.2) is 0 Å². The first-order valence-electron chi connectivity index (χ1n) is 9.63. The Labute approximate surface area is 151 Å². The van der Waals surface area contributed by atoms with Crippen LogP contribution in [0.5, 0.6) is 0 Å². The molecule has 2 N–H and O–H groups in total. The maximum atomic E-state index is 10.6. The van der Waals surface area contributed by atoms with Gasteiger partial charge in [-0.2, -0.15) is 0 Å². The molecule has 1 aromatic rings. The highest BCUT2D eigenvalue weighted by molar-refractivity contribution is 5.29. The molecule has 1 fully saturated rings. The lowest BCUT2D eigenvalue weighted by molar-refractivity contribution is 0.0149. The van der Waals surface area contributed by atoms with E-state index in [4.69, 9.17) is 0 Å². The predicted octanol–water partition coefficient (Wildman–Crippen LogP) is 0.793. The Balaban J connectivity index is 1.44. The van der Waals surface area contributed by atoms with E-state index in [1.165, 1.54) is 11.1 Å². The van der Waals surface area contributed by atoms with Crippen LogP contribution >= 0.6 is 0 Å². The highest BCUT2D eigenvalue weighted by Crippen LogP contribution is 2.19. The van der Waals surface area contributed by atoms with Crippen LogP contribution in [0.4, 0.5) is 0 Å². The first-order valence-corrected chi connectivity index (χ1v) is 9.63. The minimum absolute atomic E-state index is 0.276. The highest BCUT2D eigenvalue weighted by Gasteiger charge is 2.26. The van der Waals surface area contributed by atoms with Gasteiger partial charge >= 0.3 is 0 Å². The Morgan fingerprint density at radius 3 is 2.44 bits per heavy atom. The molecule has 0 radical (unpaired) electrons. The first-order chi connectivity index (χ1) is 12.0. The first kappa shape index (κ1) is 18.8. The van der Waals surface area contributed by atoms with Crippen LogP contribution in [-0.2, 0) is 13.0 Å². The molecule has 2 aliphatic rings. The van der Waals surface area contributed by atoms with E-state index in [0.717, 1.165) is 58.8 Å². The van der Waals surface area contributed by atoms with Gasteiger partial charge in [0.25, 0.3) is 0 Å². The minimum Gasteiger partial charge on any atom is -0.392 e. The summed E-state index contributed by atoms with van der Waals surface area (Å²) in [5.41, 5.74) is 2.86. The number of hydrogen-bond acceptors (Lipinski definition) is 5. The van der Waals surface area contributed by atoms with Crippen molar-refractivity contribution in [2.24, 2.45) is 0 Å². The second kappa shape index (κ2) is 8.60. The zero-order chi connectivity index (χ0) is 17.8. The molecule has 0 aliphatic carbocycles. The summed E-state index contributed by atoms with van der Waals surface area (Å²) in [7, 11) is 0. The van der Waals surface area contributed by atoms with E-state index in [1.807, 2.05) is 6.92 Å². The van der Waals surface area contributed by atoms with E-state index in [2.05, 4.69) is 45.9 Å². The van der Waals surface area contributed by atoms with Gasteiger partial charge < -0.3 is 10.2 Å². The SMILES string of the molecule is C[C@H](O)CN1CCN(C[C@@H](O)CN2CCc3ccccc3C2)C[C@H]1C. The summed E-state index contributed by atoms with van der Waals surface area (Å²) in [5, 5.41) is 20.1. The fraction of sp³-hybridized carbons (Fsp3) is 0.700. The number of aliphatic hydroxyl groups is 2. The van der Waals surface area contributed by atoms with Crippen molar-refractivity contribution in [3.8, 4) is 0 Å². The van der Waals surface area contributed by atoms with Crippen LogP contribution < -0.4 is 0 Å². The monoisotopic (exact) mass is 347 g/mol. The van der Waals surface area contributed by atoms with Crippen molar-refractivity contribution < 1.29 is 10.2 Å². The van der Waals surface area contributed by atoms with Crippen LogP contribution in [0.3, 0.4) is 0 Å². The number of fused-ring (bicyclic) bond motifs is 1. The van der Waals surface area contributed by atoms with Gasteiger partial charge in [0, 0.05) is 58.4 Å². The Morgan fingerprint density at radius 1 is 1.00 bits per heavy atom. The van der Waals surface area contributed by atoms with Gasteiger partial charge in [-0.05, 0) is 31.4 Å². The zero-order valence-corrected chi connectivity index (χ0v) is 15.6. The van der Waals surface area contributed by atoms with E-state index >= 15 is 0 Å². The van der Waals surface area contributed by atoms with E-state index in [0.29, 0.717) is 6.04 Å². The van der Waals surface area contributed by atoms with Crippen molar-refractivity contribution in [2.45, 2.75) is 45.1 Å². The van der Waals surface area contributed by atoms with E-state index in [9.17, 15) is 10.2 Å². The number of rotatable bonds is 6. The number of piperazine rings is 1. The topological polar surface area (TPSA) is 50.2 Å². The molecule has 2 heterocycles. The van der Waals surface area contributed by atoms with E-state index in [1.54, 1.807) is 0 Å². The second-order valence-corrected chi connectivity index (χ2v) is 7.86. The number of hydrogen-bond donors (Lipinski definition) is 2. The number of aliphatic hydroxyl groups excluding tert-OH is 2. The molecule has 0 bridgehead atoms. The molecule has 25 heavy (non-hydrogen) atoms. The Bertz CT molecular complexity index is 551. The molecule has 1 saturated heterocycles. The normalized spacial score (nSPS) is 25.5. The summed E-state index contributed by atoms with van der Waals surface area (Å²) in [5.74, 6) is 0. The third-order valence-corrected chi connectivity index (χ3v) is 5.50. The number of nitrogens with zero attached hydrogens (tertiary/aromatic N) is 3. The second-order valence-electron chi connectivity index (χ2n) is 7.86. The Hall–Kier alpha value is -0.980. The third kappa shape index (κ3) is 5.25. The van der Waals surface area contributed by atoms with Crippen molar-refractivity contribution >= 4 is 0 Å². The van der Waals surface area contributed by atoms with Crippen molar-refractivity contribution in [3.63, 3.8) is 0 Å². The van der Waals surface area contributed by atoms with Gasteiger partial charge in [-0.15, -0.1) is 0 Å². The van der Waals surface area contributed by atoms with Crippen LogP contribution in [0, 0.1) is 0 Å². The molecule has 3 rings (SSSR count). The van der Waals surface area contributed by atoms with Crippen LogP contribution in [-0.4, -0.2) is 89.0 Å². The third-order valence-electron chi connectivity index (χ3n) is 5.50. The molecule has 0 amide bonds. The predicted molar refractivity (Wildman–Crippen MR) is 101 cm³/mol. The largest absolute Gasteiger partial charge is 0.392 e. The molecule has 0 spiro atoms. The average Bonchev–Trinajstić information content (AvgIpc) is 2.57. The molecular weight excluding hydrogens is 314 g/mol. The maximum Gasteiger partial charge on any atom is 0.0793 e. The van der Waals surface area contributed by atoms with Crippen LogP contribution in [0.15, 0.2) is 24.3 Å². The molecular formula is C20H33N3O2. The molecule has 5 nitrogen and oxygen atoms in total. The quantitative estimate of drug-likeness (QED) is 0.797. The van der Waals surface area contributed by atoms with Crippen LogP contribution in [0.2, 0.25) is 0 Å². The number of benzene rings is 1. The fourth-order valence-electron chi connectivity index (χ4n) is 4.21. The highest BCUT2D eigenvalue weighted by atomic mass is 16.3.